The van der Waals surface area contributed by atoms with Crippen LogP contribution in [-0.2, 0) is 0 Å². The van der Waals surface area contributed by atoms with Gasteiger partial charge in [0.1, 0.15) is 0 Å². The van der Waals surface area contributed by atoms with Gasteiger partial charge >= 0.3 is 0 Å². The topological polar surface area (TPSA) is 0 Å². The fourth-order valence-electron chi connectivity index (χ4n) is 0. The second kappa shape index (κ2) is 24.4. The Balaban J connectivity index is 0. The van der Waals surface area contributed by atoms with Gasteiger partial charge in [-0.25, -0.2) is 0 Å². The van der Waals surface area contributed by atoms with Gasteiger partial charge in [-0.2, -0.15) is 0 Å². The fraction of sp³-hybridized carbons (Fsp3) is 0. The van der Waals surface area contributed by atoms with Crippen molar-refractivity contribution in [2.45, 2.75) is 0 Å². The van der Waals surface area contributed by atoms with Crippen LogP contribution in [0, 0.1) is 0 Å². The summed E-state index contributed by atoms with van der Waals surface area (Å²) in [5, 5.41) is 0. The standard InChI is InChI=1S/3Sb.2Sn. The zero-order valence-corrected chi connectivity index (χ0v) is 15.7. The van der Waals surface area contributed by atoms with E-state index in [1.807, 2.05) is 0 Å². The van der Waals surface area contributed by atoms with Crippen LogP contribution in [0.15, 0.2) is 0 Å². The molecule has 0 N–H and O–H groups in total. The van der Waals surface area contributed by atoms with Crippen LogP contribution in [0.5, 0.6) is 0 Å². The summed E-state index contributed by atoms with van der Waals surface area (Å²) >= 11 is 0. The number of rotatable bonds is 0. The summed E-state index contributed by atoms with van der Waals surface area (Å²) in [5.74, 6) is 0. The summed E-state index contributed by atoms with van der Waals surface area (Å²) in [4.78, 5) is 0. The molecule has 0 rings (SSSR count). The molecule has 0 saturated heterocycles. The minimum Gasteiger partial charge on any atom is 0 e. The van der Waals surface area contributed by atoms with Gasteiger partial charge in [0.15, 0.2) is 0 Å². The quantitative estimate of drug-likeness (QED) is 0.285. The van der Waals surface area contributed by atoms with E-state index in [9.17, 15) is 0 Å². The Morgan fingerprint density at radius 1 is 0.400 bits per heavy atom. The Morgan fingerprint density at radius 3 is 0.400 bits per heavy atom. The molecule has 0 bridgehead atoms. The molecule has 0 aromatic heterocycles. The average molecular weight is 603 g/mol. The van der Waals surface area contributed by atoms with Crippen LogP contribution in [-0.4, -0.2) is 121 Å². The third-order valence-electron chi connectivity index (χ3n) is 0. The van der Waals surface area contributed by atoms with Gasteiger partial charge < -0.3 is 0 Å². The van der Waals surface area contributed by atoms with E-state index in [1.54, 1.807) is 0 Å². The van der Waals surface area contributed by atoms with Crippen molar-refractivity contribution in [3.63, 3.8) is 0 Å². The molecule has 0 amide bonds. The van der Waals surface area contributed by atoms with Crippen molar-refractivity contribution in [1.29, 1.82) is 0 Å². The van der Waals surface area contributed by atoms with E-state index in [2.05, 4.69) is 0 Å². The van der Waals surface area contributed by atoms with Crippen LogP contribution in [0.2, 0.25) is 0 Å². The first-order valence-electron chi connectivity index (χ1n) is 0. The SMILES string of the molecule is [Sb].[Sb].[Sb].[Sn].[Sn]. The molecule has 0 saturated carbocycles. The van der Waals surface area contributed by atoms with Crippen molar-refractivity contribution in [2.75, 3.05) is 0 Å². The summed E-state index contributed by atoms with van der Waals surface area (Å²) in [6, 6.07) is 0. The van der Waals surface area contributed by atoms with Crippen molar-refractivity contribution in [3.05, 3.63) is 0 Å². The van der Waals surface area contributed by atoms with Gasteiger partial charge in [-0.05, 0) is 0 Å². The molecule has 0 aromatic carbocycles. The predicted octanol–water partition coefficient (Wildman–Crippen LogP) is -1.90. The van der Waals surface area contributed by atoms with E-state index in [0.29, 0.717) is 0 Å². The molecule has 0 aliphatic carbocycles. The van der Waals surface area contributed by atoms with E-state index < -0.39 is 0 Å². The van der Waals surface area contributed by atoms with Gasteiger partial charge in [-0.15, -0.1) is 0 Å². The summed E-state index contributed by atoms with van der Waals surface area (Å²) in [7, 11) is 0. The van der Waals surface area contributed by atoms with Crippen molar-refractivity contribution in [3.8, 4) is 0 Å². The van der Waals surface area contributed by atoms with Crippen LogP contribution >= 0.6 is 0 Å². The molecule has 5 heteroatoms. The number of hydrogen-bond donors (Lipinski definition) is 0. The Labute approximate surface area is 118 Å². The molecule has 0 unspecified atom stereocenters. The maximum absolute atomic E-state index is 0. The molecule has 0 aromatic rings. The Bertz CT molecular complexity index is 4.85. The largest absolute Gasteiger partial charge is 0 e. The Morgan fingerprint density at radius 2 is 0.400 bits per heavy atom. The summed E-state index contributed by atoms with van der Waals surface area (Å²) in [5.41, 5.74) is 0. The Hall–Kier alpha value is 4.05. The van der Waals surface area contributed by atoms with E-state index in [1.165, 1.54) is 0 Å². The average Bonchev–Trinajstić information content (AvgIpc) is 0. The van der Waals surface area contributed by atoms with Gasteiger partial charge in [-0.3, -0.25) is 0 Å². The zero-order valence-electron chi connectivity index (χ0n) is 2.34. The van der Waals surface area contributed by atoms with Crippen molar-refractivity contribution in [1.82, 2.24) is 0 Å². The normalized spacial score (nSPS) is 0. The molecule has 5 heavy (non-hydrogen) atoms. The zero-order chi connectivity index (χ0) is 0. The van der Waals surface area contributed by atoms with Crippen LogP contribution in [0.4, 0.5) is 0 Å². The first kappa shape index (κ1) is 35.7. The molecule has 23 valence electrons. The second-order valence-corrected chi connectivity index (χ2v) is 0. The van der Waals surface area contributed by atoms with E-state index in [4.69, 9.17) is 0 Å². The molecule has 0 spiro atoms. The van der Waals surface area contributed by atoms with E-state index in [-0.39, 0.29) is 121 Å². The van der Waals surface area contributed by atoms with Crippen molar-refractivity contribution < 1.29 is 0 Å². The summed E-state index contributed by atoms with van der Waals surface area (Å²) in [6.45, 7) is 0. The molecular formula is Sb3Sn2. The molecule has 17 radical (unpaired) electrons. The van der Waals surface area contributed by atoms with Crippen LogP contribution in [0.25, 0.3) is 0 Å². The molecular weight excluding hydrogens is 603 g/mol. The maximum atomic E-state index is 0. The van der Waals surface area contributed by atoms with Crippen LogP contribution in [0.3, 0.4) is 0 Å². The monoisotopic (exact) mass is 603 g/mol. The van der Waals surface area contributed by atoms with Crippen molar-refractivity contribution >= 4 is 121 Å². The van der Waals surface area contributed by atoms with Gasteiger partial charge in [0.2, 0.25) is 0 Å². The molecule has 0 fully saturated rings. The van der Waals surface area contributed by atoms with Gasteiger partial charge in [0.25, 0.3) is 0 Å². The third-order valence-corrected chi connectivity index (χ3v) is 0. The fourth-order valence-corrected chi connectivity index (χ4v) is 0. The Kier molecular flexibility index (Phi) is 174. The van der Waals surface area contributed by atoms with Crippen LogP contribution < -0.4 is 0 Å². The van der Waals surface area contributed by atoms with Crippen molar-refractivity contribution in [2.24, 2.45) is 0 Å². The summed E-state index contributed by atoms with van der Waals surface area (Å²) < 4.78 is 0. The summed E-state index contributed by atoms with van der Waals surface area (Å²) in [6.07, 6.45) is 0. The molecule has 0 aliphatic heterocycles. The van der Waals surface area contributed by atoms with E-state index in [0.717, 1.165) is 0 Å². The minimum atomic E-state index is 0. The maximum Gasteiger partial charge on any atom is 0 e. The van der Waals surface area contributed by atoms with Gasteiger partial charge in [0, 0.05) is 121 Å². The number of hydrogen-bond acceptors (Lipinski definition) is 0. The first-order valence-corrected chi connectivity index (χ1v) is 0. The smallest absolute Gasteiger partial charge is 0 e. The van der Waals surface area contributed by atoms with Gasteiger partial charge in [0.05, 0.1) is 0 Å². The van der Waals surface area contributed by atoms with E-state index >= 15 is 0 Å². The molecule has 0 atom stereocenters. The predicted molar refractivity (Wildman–Crippen MR) is 28.8 cm³/mol. The second-order valence-electron chi connectivity index (χ2n) is 0. The van der Waals surface area contributed by atoms with Crippen LogP contribution in [0.1, 0.15) is 0 Å². The first-order chi connectivity index (χ1) is 0. The molecule has 0 aliphatic rings. The molecule has 0 heterocycles. The third kappa shape index (κ3) is 18.0. The molecule has 0 nitrogen and oxygen atoms in total. The van der Waals surface area contributed by atoms with Gasteiger partial charge in [-0.1, -0.05) is 0 Å². The minimum absolute atomic E-state index is 0.